The maximum atomic E-state index is 10.3. The molecule has 1 rings (SSSR count). The number of aliphatic hydroxyl groups excluding tert-OH is 4. The van der Waals surface area contributed by atoms with Crippen molar-refractivity contribution in [2.75, 3.05) is 6.61 Å². The topological polar surface area (TPSA) is 146 Å². The van der Waals surface area contributed by atoms with Gasteiger partial charge in [-0.3, -0.25) is 10.0 Å². The molecule has 1 heterocycles. The molecule has 138 valence electrons. The van der Waals surface area contributed by atoms with Gasteiger partial charge in [-0.15, -0.1) is 0 Å². The molecule has 0 aliphatic carbocycles. The first-order valence-corrected chi connectivity index (χ1v) is 9.41. The van der Waals surface area contributed by atoms with Crippen LogP contribution < -0.4 is 5.50 Å². The van der Waals surface area contributed by atoms with Crippen LogP contribution in [0, 0.1) is 0 Å². The van der Waals surface area contributed by atoms with E-state index < -0.39 is 45.3 Å². The van der Waals surface area contributed by atoms with Crippen LogP contribution in [0.15, 0.2) is 0 Å². The van der Waals surface area contributed by atoms with Crippen LogP contribution in [0.1, 0.15) is 51.9 Å². The van der Waals surface area contributed by atoms with Crippen molar-refractivity contribution in [3.05, 3.63) is 0 Å². The van der Waals surface area contributed by atoms with Gasteiger partial charge < -0.3 is 30.1 Å². The van der Waals surface area contributed by atoms with Crippen molar-refractivity contribution in [2.24, 2.45) is 5.50 Å². The Morgan fingerprint density at radius 2 is 1.70 bits per heavy atom. The lowest BCUT2D eigenvalue weighted by Gasteiger charge is -2.48. The Hall–Kier alpha value is 0.110. The molecule has 1 fully saturated rings. The maximum Gasteiger partial charge on any atom is 0.252 e. The number of unbranched alkanes of at least 4 members (excludes halogenated alkanes) is 5. The fraction of sp³-hybridized carbons (Fsp3) is 1.00. The summed E-state index contributed by atoms with van der Waals surface area (Å²) in [4.78, 5) is 9.39. The summed E-state index contributed by atoms with van der Waals surface area (Å²) in [6, 6.07) is 0. The highest BCUT2D eigenvalue weighted by atomic mass is 31.2. The third-order valence-corrected chi connectivity index (χ3v) is 4.66. The van der Waals surface area contributed by atoms with Gasteiger partial charge in [-0.2, -0.15) is 0 Å². The van der Waals surface area contributed by atoms with E-state index in [-0.39, 0.29) is 6.42 Å². The third-order valence-electron chi connectivity index (χ3n) is 4.16. The SMILES string of the molecule is CCCCCCCCC1(OP(N)O)O[C@H](CO)[C@@H](O)[C@H](O)[C@H]1O. The first-order chi connectivity index (χ1) is 10.9. The summed E-state index contributed by atoms with van der Waals surface area (Å²) in [5, 5.41) is 39.3. The van der Waals surface area contributed by atoms with Gasteiger partial charge in [-0.25, -0.2) is 0 Å². The van der Waals surface area contributed by atoms with E-state index in [1.807, 2.05) is 0 Å². The normalized spacial score (nSPS) is 36.1. The molecule has 0 aromatic rings. The van der Waals surface area contributed by atoms with Crippen molar-refractivity contribution >= 4 is 8.53 Å². The van der Waals surface area contributed by atoms with Crippen LogP contribution in [-0.2, 0) is 9.26 Å². The van der Waals surface area contributed by atoms with E-state index in [2.05, 4.69) is 6.92 Å². The molecule has 1 aliphatic heterocycles. The minimum atomic E-state index is -2.35. The molecule has 0 bridgehead atoms. The average molecular weight is 355 g/mol. The van der Waals surface area contributed by atoms with Crippen LogP contribution in [0.25, 0.3) is 0 Å². The Balaban J connectivity index is 2.71. The van der Waals surface area contributed by atoms with Gasteiger partial charge in [0.1, 0.15) is 24.4 Å². The highest BCUT2D eigenvalue weighted by Gasteiger charge is 2.54. The van der Waals surface area contributed by atoms with Gasteiger partial charge in [0.25, 0.3) is 8.53 Å². The fourth-order valence-corrected chi connectivity index (χ4v) is 3.40. The van der Waals surface area contributed by atoms with Crippen molar-refractivity contribution in [3.63, 3.8) is 0 Å². The zero-order valence-electron chi connectivity index (χ0n) is 13.5. The standard InChI is InChI=1S/C14H30NO7P/c1-2-3-4-5-6-7-8-14(22-23(15)20)13(19)12(18)11(17)10(9-16)21-14/h10-13,16-20H,2-9,15H2,1H3/t10-,11-,12+,13-,14?,23?/m1/s1. The quantitative estimate of drug-likeness (QED) is 0.239. The smallest absolute Gasteiger partial charge is 0.252 e. The zero-order valence-corrected chi connectivity index (χ0v) is 14.4. The van der Waals surface area contributed by atoms with Crippen LogP contribution in [0.5, 0.6) is 0 Å². The molecular formula is C14H30NO7P. The third kappa shape index (κ3) is 5.85. The van der Waals surface area contributed by atoms with Gasteiger partial charge in [0, 0.05) is 6.42 Å². The second-order valence-corrected chi connectivity index (χ2v) is 6.78. The molecule has 0 aromatic carbocycles. The molecule has 0 radical (unpaired) electrons. The maximum absolute atomic E-state index is 10.3. The van der Waals surface area contributed by atoms with Crippen molar-refractivity contribution in [2.45, 2.75) is 82.1 Å². The van der Waals surface area contributed by atoms with E-state index in [9.17, 15) is 25.3 Å². The van der Waals surface area contributed by atoms with Crippen LogP contribution in [0.3, 0.4) is 0 Å². The van der Waals surface area contributed by atoms with E-state index in [0.717, 1.165) is 32.1 Å². The van der Waals surface area contributed by atoms with E-state index in [1.54, 1.807) is 0 Å². The molecule has 23 heavy (non-hydrogen) atoms. The van der Waals surface area contributed by atoms with E-state index in [0.29, 0.717) is 6.42 Å². The van der Waals surface area contributed by atoms with Gasteiger partial charge >= 0.3 is 0 Å². The molecule has 1 saturated heterocycles. The fourth-order valence-electron chi connectivity index (χ4n) is 2.85. The Bertz CT molecular complexity index is 334. The van der Waals surface area contributed by atoms with Gasteiger partial charge in [-0.05, 0) is 6.42 Å². The molecule has 0 spiro atoms. The minimum Gasteiger partial charge on any atom is -0.394 e. The molecule has 8 nitrogen and oxygen atoms in total. The number of nitrogens with two attached hydrogens (primary N) is 1. The van der Waals surface area contributed by atoms with Crippen molar-refractivity contribution < 1.29 is 34.6 Å². The second-order valence-electron chi connectivity index (χ2n) is 5.99. The van der Waals surface area contributed by atoms with E-state index in [1.165, 1.54) is 0 Å². The molecule has 0 aromatic heterocycles. The number of hydrogen-bond acceptors (Lipinski definition) is 8. The van der Waals surface area contributed by atoms with E-state index in [4.69, 9.17) is 14.8 Å². The Kier molecular flexibility index (Phi) is 9.36. The first-order valence-electron chi connectivity index (χ1n) is 8.13. The molecular weight excluding hydrogens is 325 g/mol. The average Bonchev–Trinajstić information content (AvgIpc) is 2.51. The lowest BCUT2D eigenvalue weighted by molar-refractivity contribution is -0.340. The lowest BCUT2D eigenvalue weighted by Crippen LogP contribution is -2.65. The highest BCUT2D eigenvalue weighted by Crippen LogP contribution is 2.42. The van der Waals surface area contributed by atoms with Crippen molar-refractivity contribution in [1.82, 2.24) is 0 Å². The van der Waals surface area contributed by atoms with Crippen molar-refractivity contribution in [1.29, 1.82) is 0 Å². The first kappa shape index (κ1) is 21.2. The molecule has 1 aliphatic rings. The summed E-state index contributed by atoms with van der Waals surface area (Å²) in [6.07, 6.45) is 0.417. The Morgan fingerprint density at radius 3 is 2.26 bits per heavy atom. The number of hydrogen-bond donors (Lipinski definition) is 6. The molecule has 6 atom stereocenters. The van der Waals surface area contributed by atoms with Crippen LogP contribution in [-0.4, -0.2) is 62.1 Å². The second kappa shape index (κ2) is 10.2. The van der Waals surface area contributed by atoms with Gasteiger partial charge in [0.05, 0.1) is 6.61 Å². The predicted octanol–water partition coefficient (Wildman–Crippen LogP) is 0.102. The minimum absolute atomic E-state index is 0.192. The number of ether oxygens (including phenoxy) is 1. The predicted molar refractivity (Wildman–Crippen MR) is 85.1 cm³/mol. The number of aliphatic hydroxyl groups is 4. The molecule has 2 unspecified atom stereocenters. The summed E-state index contributed by atoms with van der Waals surface area (Å²) in [7, 11) is -2.35. The highest BCUT2D eigenvalue weighted by molar-refractivity contribution is 7.43. The summed E-state index contributed by atoms with van der Waals surface area (Å²) in [5.74, 6) is -1.73. The number of rotatable bonds is 10. The summed E-state index contributed by atoms with van der Waals surface area (Å²) >= 11 is 0. The van der Waals surface area contributed by atoms with E-state index >= 15 is 0 Å². The van der Waals surface area contributed by atoms with Crippen LogP contribution in [0.2, 0.25) is 0 Å². The van der Waals surface area contributed by atoms with Gasteiger partial charge in [0.2, 0.25) is 5.79 Å². The van der Waals surface area contributed by atoms with Gasteiger partial charge in [-0.1, -0.05) is 39.0 Å². The zero-order chi connectivity index (χ0) is 17.5. The Morgan fingerprint density at radius 1 is 1.09 bits per heavy atom. The Labute approximate surface area is 138 Å². The van der Waals surface area contributed by atoms with Crippen LogP contribution in [0.4, 0.5) is 0 Å². The molecule has 0 amide bonds. The molecule has 9 heteroatoms. The lowest BCUT2D eigenvalue weighted by atomic mass is 9.89. The summed E-state index contributed by atoms with van der Waals surface area (Å²) in [5.41, 5.74) is 5.31. The summed E-state index contributed by atoms with van der Waals surface area (Å²) in [6.45, 7) is 1.57. The monoisotopic (exact) mass is 355 g/mol. The largest absolute Gasteiger partial charge is 0.394 e. The summed E-state index contributed by atoms with van der Waals surface area (Å²) < 4.78 is 10.7. The molecule has 7 N–H and O–H groups in total. The molecule has 0 saturated carbocycles. The van der Waals surface area contributed by atoms with Crippen molar-refractivity contribution in [3.8, 4) is 0 Å². The van der Waals surface area contributed by atoms with Gasteiger partial charge in [0.15, 0.2) is 0 Å². The van der Waals surface area contributed by atoms with Crippen LogP contribution >= 0.6 is 8.53 Å².